The second-order valence-corrected chi connectivity index (χ2v) is 9.04. The molecule has 5 rings (SSSR count). The monoisotopic (exact) mass is 476 g/mol. The van der Waals surface area contributed by atoms with Crippen molar-refractivity contribution in [1.29, 1.82) is 0 Å². The Bertz CT molecular complexity index is 1520. The van der Waals surface area contributed by atoms with E-state index in [0.29, 0.717) is 0 Å². The number of hydrogen-bond donors (Lipinski definition) is 1. The van der Waals surface area contributed by atoms with E-state index >= 15 is 0 Å². The molecule has 0 saturated carbocycles. The van der Waals surface area contributed by atoms with Gasteiger partial charge in [-0.3, -0.25) is 4.79 Å². The van der Waals surface area contributed by atoms with Gasteiger partial charge in [-0.15, -0.1) is 0 Å². The van der Waals surface area contributed by atoms with Gasteiger partial charge in [0.2, 0.25) is 5.91 Å². The van der Waals surface area contributed by atoms with E-state index in [0.717, 1.165) is 56.3 Å². The number of carbonyl (C=O) groups is 1. The summed E-state index contributed by atoms with van der Waals surface area (Å²) in [5.74, 6) is 1.47. The average molecular weight is 477 g/mol. The summed E-state index contributed by atoms with van der Waals surface area (Å²) in [5, 5.41) is 3.88. The maximum atomic E-state index is 11.5. The van der Waals surface area contributed by atoms with E-state index in [9.17, 15) is 4.79 Å². The molecule has 1 amide bonds. The van der Waals surface area contributed by atoms with E-state index < -0.39 is 0 Å². The fraction of sp³-hybridized carbons (Fsp3) is 0.167. The van der Waals surface area contributed by atoms with E-state index in [-0.39, 0.29) is 11.9 Å². The molecule has 0 bridgehead atoms. The zero-order valence-electron chi connectivity index (χ0n) is 20.8. The van der Waals surface area contributed by atoms with Crippen LogP contribution in [0.15, 0.2) is 85.2 Å². The zero-order valence-corrected chi connectivity index (χ0v) is 20.8. The van der Waals surface area contributed by atoms with E-state index in [2.05, 4.69) is 40.8 Å². The predicted molar refractivity (Wildman–Crippen MR) is 144 cm³/mol. The Hall–Kier alpha value is -4.45. The lowest BCUT2D eigenvalue weighted by atomic mass is 9.97. The summed E-state index contributed by atoms with van der Waals surface area (Å²) in [7, 11) is 0. The number of ether oxygens (including phenoxy) is 1. The Morgan fingerprint density at radius 3 is 2.14 bits per heavy atom. The zero-order chi connectivity index (χ0) is 25.2. The van der Waals surface area contributed by atoms with Crippen LogP contribution in [0.2, 0.25) is 0 Å². The number of hydrogen-bond acceptors (Lipinski definition) is 4. The first-order valence-electron chi connectivity index (χ1n) is 12.0. The van der Waals surface area contributed by atoms with E-state index in [4.69, 9.17) is 9.72 Å². The van der Waals surface area contributed by atoms with E-state index in [1.807, 2.05) is 73.7 Å². The third-order valence-corrected chi connectivity index (χ3v) is 6.09. The third-order valence-electron chi connectivity index (χ3n) is 6.09. The van der Waals surface area contributed by atoms with Crippen molar-refractivity contribution in [2.75, 3.05) is 5.32 Å². The van der Waals surface area contributed by atoms with Crippen LogP contribution < -0.4 is 10.1 Å². The van der Waals surface area contributed by atoms with Crippen molar-refractivity contribution in [2.45, 2.75) is 33.7 Å². The molecule has 5 aromatic rings. The smallest absolute Gasteiger partial charge is 0.221 e. The van der Waals surface area contributed by atoms with Gasteiger partial charge in [0.05, 0.1) is 11.4 Å². The lowest BCUT2D eigenvalue weighted by molar-refractivity contribution is -0.114. The summed E-state index contributed by atoms with van der Waals surface area (Å²) in [6.45, 7) is 7.85. The van der Waals surface area contributed by atoms with Gasteiger partial charge < -0.3 is 14.6 Å². The van der Waals surface area contributed by atoms with Crippen molar-refractivity contribution in [2.24, 2.45) is 0 Å². The Morgan fingerprint density at radius 2 is 1.50 bits per heavy atom. The fourth-order valence-electron chi connectivity index (χ4n) is 4.58. The van der Waals surface area contributed by atoms with Crippen molar-refractivity contribution in [3.8, 4) is 33.9 Å². The highest BCUT2D eigenvalue weighted by molar-refractivity contribution is 6.04. The van der Waals surface area contributed by atoms with Gasteiger partial charge in [-0.2, -0.15) is 0 Å². The Kier molecular flexibility index (Phi) is 6.25. The SMILES string of the molecule is CC(=O)Nc1ccc(-c2c(-c3ccc(Oc4ccccc4)cc3)c3c(C)ncnc3n2C(C)C)cc1. The molecule has 0 aliphatic carbocycles. The van der Waals surface area contributed by atoms with Crippen LogP contribution in [0, 0.1) is 6.92 Å². The maximum absolute atomic E-state index is 11.5. The highest BCUT2D eigenvalue weighted by Crippen LogP contribution is 2.43. The fourth-order valence-corrected chi connectivity index (χ4v) is 4.58. The number of aromatic nitrogens is 3. The standard InChI is InChI=1S/C30H28N4O2/c1-19(2)34-29(23-10-14-24(15-11-23)33-21(4)35)28(27-20(3)31-18-32-30(27)34)22-12-16-26(17-13-22)36-25-8-6-5-7-9-25/h5-19H,1-4H3,(H,33,35). The number of aryl methyl sites for hydroxylation is 1. The van der Waals surface area contributed by atoms with Crippen LogP contribution in [0.5, 0.6) is 11.5 Å². The minimum atomic E-state index is -0.0940. The van der Waals surface area contributed by atoms with Crippen LogP contribution in [-0.2, 0) is 4.79 Å². The summed E-state index contributed by atoms with van der Waals surface area (Å²) >= 11 is 0. The second kappa shape index (κ2) is 9.66. The molecule has 2 aromatic heterocycles. The predicted octanol–water partition coefficient (Wildman–Crippen LogP) is 7.41. The largest absolute Gasteiger partial charge is 0.457 e. The lowest BCUT2D eigenvalue weighted by Gasteiger charge is -2.16. The molecule has 0 radical (unpaired) electrons. The molecule has 1 N–H and O–H groups in total. The first kappa shape index (κ1) is 23.3. The summed E-state index contributed by atoms with van der Waals surface area (Å²) in [6, 6.07) is 26.0. The third kappa shape index (κ3) is 4.45. The van der Waals surface area contributed by atoms with Crippen molar-refractivity contribution >= 4 is 22.6 Å². The molecule has 0 aliphatic rings. The average Bonchev–Trinajstić information content (AvgIpc) is 3.22. The van der Waals surface area contributed by atoms with Gasteiger partial charge in [0.25, 0.3) is 0 Å². The second-order valence-electron chi connectivity index (χ2n) is 9.04. The molecule has 3 aromatic carbocycles. The number of amides is 1. The van der Waals surface area contributed by atoms with Crippen molar-refractivity contribution < 1.29 is 9.53 Å². The molecule has 36 heavy (non-hydrogen) atoms. The van der Waals surface area contributed by atoms with Gasteiger partial charge in [0.15, 0.2) is 0 Å². The number of carbonyl (C=O) groups excluding carboxylic acids is 1. The molecule has 0 fully saturated rings. The van der Waals surface area contributed by atoms with Crippen molar-refractivity contribution in [3.63, 3.8) is 0 Å². The molecule has 0 aliphatic heterocycles. The molecule has 0 atom stereocenters. The van der Waals surface area contributed by atoms with Crippen molar-refractivity contribution in [1.82, 2.24) is 14.5 Å². The summed E-state index contributed by atoms with van der Waals surface area (Å²) < 4.78 is 8.28. The summed E-state index contributed by atoms with van der Waals surface area (Å²) in [4.78, 5) is 20.7. The Balaban J connectivity index is 1.68. The summed E-state index contributed by atoms with van der Waals surface area (Å²) in [6.07, 6.45) is 1.63. The summed E-state index contributed by atoms with van der Waals surface area (Å²) in [5.41, 5.74) is 6.82. The molecule has 6 heteroatoms. The normalized spacial score (nSPS) is 11.1. The number of nitrogens with one attached hydrogen (secondary N) is 1. The number of para-hydroxylation sites is 1. The van der Waals surface area contributed by atoms with Crippen LogP contribution in [-0.4, -0.2) is 20.4 Å². The quantitative estimate of drug-likeness (QED) is 0.277. The highest BCUT2D eigenvalue weighted by atomic mass is 16.5. The van der Waals surface area contributed by atoms with Crippen LogP contribution in [0.4, 0.5) is 5.69 Å². The number of benzene rings is 3. The lowest BCUT2D eigenvalue weighted by Crippen LogP contribution is -2.06. The molecule has 0 spiro atoms. The van der Waals surface area contributed by atoms with Crippen LogP contribution in [0.25, 0.3) is 33.4 Å². The van der Waals surface area contributed by atoms with Gasteiger partial charge in [-0.25, -0.2) is 9.97 Å². The topological polar surface area (TPSA) is 69.0 Å². The first-order chi connectivity index (χ1) is 17.4. The van der Waals surface area contributed by atoms with Crippen LogP contribution in [0.3, 0.4) is 0 Å². The van der Waals surface area contributed by atoms with Gasteiger partial charge in [-0.05, 0) is 68.3 Å². The molecule has 0 unspecified atom stereocenters. The molecule has 0 saturated heterocycles. The van der Waals surface area contributed by atoms with E-state index in [1.165, 1.54) is 6.92 Å². The molecule has 180 valence electrons. The number of anilines is 1. The molecule has 2 heterocycles. The molecular weight excluding hydrogens is 448 g/mol. The number of nitrogens with zero attached hydrogens (tertiary/aromatic N) is 3. The number of rotatable bonds is 6. The van der Waals surface area contributed by atoms with Gasteiger partial charge in [-0.1, -0.05) is 42.5 Å². The highest BCUT2D eigenvalue weighted by Gasteiger charge is 2.24. The van der Waals surface area contributed by atoms with Crippen LogP contribution in [0.1, 0.15) is 32.5 Å². The van der Waals surface area contributed by atoms with Gasteiger partial charge in [0, 0.05) is 29.6 Å². The Labute approximate surface area is 210 Å². The van der Waals surface area contributed by atoms with Crippen LogP contribution >= 0.6 is 0 Å². The van der Waals surface area contributed by atoms with Crippen molar-refractivity contribution in [3.05, 3.63) is 90.9 Å². The van der Waals surface area contributed by atoms with Gasteiger partial charge >= 0.3 is 0 Å². The minimum absolute atomic E-state index is 0.0940. The Morgan fingerprint density at radius 1 is 0.861 bits per heavy atom. The number of fused-ring (bicyclic) bond motifs is 1. The minimum Gasteiger partial charge on any atom is -0.457 e. The molecular formula is C30H28N4O2. The first-order valence-corrected chi connectivity index (χ1v) is 12.0. The molecule has 6 nitrogen and oxygen atoms in total. The maximum Gasteiger partial charge on any atom is 0.221 e. The van der Waals surface area contributed by atoms with E-state index in [1.54, 1.807) is 6.33 Å². The van der Waals surface area contributed by atoms with Gasteiger partial charge in [0.1, 0.15) is 23.5 Å².